The van der Waals surface area contributed by atoms with Crippen LogP contribution in [0, 0.1) is 0 Å². The van der Waals surface area contributed by atoms with E-state index in [9.17, 15) is 0 Å². The third-order valence-corrected chi connectivity index (χ3v) is 5.94. The standard InChI is InChI=1S/C20H21NSi/c1-22(2,3)19-11-7-10-17(14-19)18-12-13-20(21-15-18)16-8-5-4-6-9-16/h4-15H,1-3H3. The lowest BCUT2D eigenvalue weighted by atomic mass is 10.1. The Hall–Kier alpha value is -2.19. The maximum Gasteiger partial charge on any atom is 0.0776 e. The zero-order chi connectivity index (χ0) is 15.6. The third kappa shape index (κ3) is 3.17. The molecule has 0 amide bonds. The van der Waals surface area contributed by atoms with E-state index in [1.54, 1.807) is 0 Å². The molecular weight excluding hydrogens is 282 g/mol. The average Bonchev–Trinajstić information content (AvgIpc) is 2.55. The molecule has 1 heterocycles. The maximum absolute atomic E-state index is 4.63. The molecular formula is C20H21NSi. The topological polar surface area (TPSA) is 12.9 Å². The van der Waals surface area contributed by atoms with Crippen molar-refractivity contribution in [2.45, 2.75) is 19.6 Å². The first-order valence-corrected chi connectivity index (χ1v) is 11.2. The van der Waals surface area contributed by atoms with E-state index in [4.69, 9.17) is 0 Å². The summed E-state index contributed by atoms with van der Waals surface area (Å²) in [4.78, 5) is 4.63. The van der Waals surface area contributed by atoms with Gasteiger partial charge < -0.3 is 0 Å². The van der Waals surface area contributed by atoms with Gasteiger partial charge in [-0.1, -0.05) is 85.5 Å². The summed E-state index contributed by atoms with van der Waals surface area (Å²) in [6.07, 6.45) is 1.98. The molecule has 0 fully saturated rings. The second-order valence-electron chi connectivity index (χ2n) is 6.63. The van der Waals surface area contributed by atoms with Gasteiger partial charge in [-0.3, -0.25) is 4.98 Å². The molecule has 1 nitrogen and oxygen atoms in total. The predicted molar refractivity (Wildman–Crippen MR) is 98.1 cm³/mol. The van der Waals surface area contributed by atoms with Crippen molar-refractivity contribution < 1.29 is 0 Å². The zero-order valence-electron chi connectivity index (χ0n) is 13.4. The van der Waals surface area contributed by atoms with E-state index < -0.39 is 8.07 Å². The summed E-state index contributed by atoms with van der Waals surface area (Å²) in [6.45, 7) is 7.13. The van der Waals surface area contributed by atoms with Gasteiger partial charge in [0.15, 0.2) is 0 Å². The van der Waals surface area contributed by atoms with Crippen molar-refractivity contribution in [1.29, 1.82) is 0 Å². The Labute approximate surface area is 133 Å². The lowest BCUT2D eigenvalue weighted by Crippen LogP contribution is -2.37. The summed E-state index contributed by atoms with van der Waals surface area (Å²) in [5.74, 6) is 0. The van der Waals surface area contributed by atoms with Crippen LogP contribution in [0.25, 0.3) is 22.4 Å². The average molecular weight is 303 g/mol. The number of hydrogen-bond acceptors (Lipinski definition) is 1. The molecule has 3 rings (SSSR count). The molecule has 2 heteroatoms. The highest BCUT2D eigenvalue weighted by Crippen LogP contribution is 2.22. The Morgan fingerprint density at radius 3 is 2.05 bits per heavy atom. The van der Waals surface area contributed by atoms with E-state index in [0.717, 1.165) is 11.3 Å². The van der Waals surface area contributed by atoms with Gasteiger partial charge >= 0.3 is 0 Å². The highest BCUT2D eigenvalue weighted by molar-refractivity contribution is 6.88. The molecule has 22 heavy (non-hydrogen) atoms. The summed E-state index contributed by atoms with van der Waals surface area (Å²) >= 11 is 0. The smallest absolute Gasteiger partial charge is 0.0776 e. The van der Waals surface area contributed by atoms with Gasteiger partial charge in [0.25, 0.3) is 0 Å². The molecule has 0 bridgehead atoms. The van der Waals surface area contributed by atoms with Gasteiger partial charge in [-0.15, -0.1) is 0 Å². The number of hydrogen-bond donors (Lipinski definition) is 0. The number of nitrogens with zero attached hydrogens (tertiary/aromatic N) is 1. The molecule has 0 aliphatic carbocycles. The molecule has 0 saturated heterocycles. The second kappa shape index (κ2) is 5.89. The molecule has 1 aromatic heterocycles. The Kier molecular flexibility index (Phi) is 3.95. The maximum atomic E-state index is 4.63. The second-order valence-corrected chi connectivity index (χ2v) is 11.7. The minimum absolute atomic E-state index is 1.02. The number of benzene rings is 2. The summed E-state index contributed by atoms with van der Waals surface area (Å²) in [7, 11) is -1.28. The minimum Gasteiger partial charge on any atom is -0.256 e. The summed E-state index contributed by atoms with van der Waals surface area (Å²) in [6, 6.07) is 23.5. The highest BCUT2D eigenvalue weighted by atomic mass is 28.3. The van der Waals surface area contributed by atoms with Gasteiger partial charge in [0.05, 0.1) is 13.8 Å². The van der Waals surface area contributed by atoms with Gasteiger partial charge in [-0.2, -0.15) is 0 Å². The normalized spacial score (nSPS) is 11.4. The SMILES string of the molecule is C[Si](C)(C)c1cccc(-c2ccc(-c3ccccc3)nc2)c1. The Bertz CT molecular complexity index is 756. The van der Waals surface area contributed by atoms with Crippen LogP contribution in [0.1, 0.15) is 0 Å². The van der Waals surface area contributed by atoms with Crippen molar-refractivity contribution in [2.75, 3.05) is 0 Å². The van der Waals surface area contributed by atoms with Gasteiger partial charge in [0.2, 0.25) is 0 Å². The predicted octanol–water partition coefficient (Wildman–Crippen LogP) is 4.96. The monoisotopic (exact) mass is 303 g/mol. The number of pyridine rings is 1. The van der Waals surface area contributed by atoms with E-state index in [-0.39, 0.29) is 0 Å². The summed E-state index contributed by atoms with van der Waals surface area (Å²) in [5.41, 5.74) is 4.61. The van der Waals surface area contributed by atoms with Crippen LogP contribution in [-0.2, 0) is 0 Å². The van der Waals surface area contributed by atoms with Gasteiger partial charge in [0, 0.05) is 17.3 Å². The first kappa shape index (κ1) is 14.7. The molecule has 3 aromatic rings. The quantitative estimate of drug-likeness (QED) is 0.623. The Morgan fingerprint density at radius 2 is 1.41 bits per heavy atom. The Morgan fingerprint density at radius 1 is 0.682 bits per heavy atom. The molecule has 0 radical (unpaired) electrons. The van der Waals surface area contributed by atoms with Crippen molar-refractivity contribution in [3.8, 4) is 22.4 Å². The molecule has 0 atom stereocenters. The fourth-order valence-electron chi connectivity index (χ4n) is 2.51. The lowest BCUT2D eigenvalue weighted by Gasteiger charge is -2.17. The van der Waals surface area contributed by atoms with Crippen LogP contribution in [0.5, 0.6) is 0 Å². The van der Waals surface area contributed by atoms with E-state index in [2.05, 4.69) is 73.2 Å². The minimum atomic E-state index is -1.28. The van der Waals surface area contributed by atoms with Crippen LogP contribution in [0.3, 0.4) is 0 Å². The zero-order valence-corrected chi connectivity index (χ0v) is 14.4. The molecule has 110 valence electrons. The molecule has 0 spiro atoms. The number of rotatable bonds is 3. The molecule has 0 unspecified atom stereocenters. The summed E-state index contributed by atoms with van der Waals surface area (Å²) < 4.78 is 0. The van der Waals surface area contributed by atoms with Crippen molar-refractivity contribution in [3.05, 3.63) is 72.9 Å². The lowest BCUT2D eigenvalue weighted by molar-refractivity contribution is 1.33. The largest absolute Gasteiger partial charge is 0.256 e. The molecule has 0 N–H and O–H groups in total. The van der Waals surface area contributed by atoms with Crippen molar-refractivity contribution >= 4 is 13.3 Å². The van der Waals surface area contributed by atoms with Crippen LogP contribution in [0.2, 0.25) is 19.6 Å². The molecule has 0 aliphatic heterocycles. The van der Waals surface area contributed by atoms with Crippen LogP contribution < -0.4 is 5.19 Å². The van der Waals surface area contributed by atoms with Gasteiger partial charge in [-0.25, -0.2) is 0 Å². The number of aromatic nitrogens is 1. The van der Waals surface area contributed by atoms with Crippen molar-refractivity contribution in [2.24, 2.45) is 0 Å². The molecule has 2 aromatic carbocycles. The van der Waals surface area contributed by atoms with E-state index in [1.165, 1.54) is 16.3 Å². The fraction of sp³-hybridized carbons (Fsp3) is 0.150. The fourth-order valence-corrected chi connectivity index (χ4v) is 3.69. The first-order chi connectivity index (χ1) is 10.5. The van der Waals surface area contributed by atoms with Crippen LogP contribution in [-0.4, -0.2) is 13.1 Å². The van der Waals surface area contributed by atoms with Gasteiger partial charge in [-0.05, 0) is 11.6 Å². The van der Waals surface area contributed by atoms with Crippen LogP contribution >= 0.6 is 0 Å². The van der Waals surface area contributed by atoms with E-state index in [0.29, 0.717) is 0 Å². The van der Waals surface area contributed by atoms with Gasteiger partial charge in [0.1, 0.15) is 0 Å². The molecule has 0 saturated carbocycles. The third-order valence-electron chi connectivity index (χ3n) is 3.89. The van der Waals surface area contributed by atoms with Crippen molar-refractivity contribution in [3.63, 3.8) is 0 Å². The van der Waals surface area contributed by atoms with E-state index in [1.807, 2.05) is 24.4 Å². The van der Waals surface area contributed by atoms with Crippen LogP contribution in [0.4, 0.5) is 0 Å². The highest BCUT2D eigenvalue weighted by Gasteiger charge is 2.16. The van der Waals surface area contributed by atoms with E-state index >= 15 is 0 Å². The van der Waals surface area contributed by atoms with Crippen LogP contribution in [0.15, 0.2) is 72.9 Å². The Balaban J connectivity index is 1.94. The first-order valence-electron chi connectivity index (χ1n) is 7.66. The molecule has 0 aliphatic rings. The van der Waals surface area contributed by atoms with Crippen molar-refractivity contribution in [1.82, 2.24) is 4.98 Å². The summed E-state index contributed by atoms with van der Waals surface area (Å²) in [5, 5.41) is 1.48.